The maximum absolute atomic E-state index is 13.4. The van der Waals surface area contributed by atoms with Gasteiger partial charge < -0.3 is 4.74 Å². The van der Waals surface area contributed by atoms with Gasteiger partial charge in [-0.05, 0) is 71.1 Å². The molecule has 0 saturated heterocycles. The second kappa shape index (κ2) is 7.48. The zero-order valence-corrected chi connectivity index (χ0v) is 17.5. The molecule has 0 N–H and O–H groups in total. The van der Waals surface area contributed by atoms with E-state index in [1.165, 1.54) is 16.7 Å². The summed E-state index contributed by atoms with van der Waals surface area (Å²) in [5.41, 5.74) is 1.70. The molecular weight excluding hydrogens is 503 g/mol. The first-order valence-electron chi connectivity index (χ1n) is 8.43. The van der Waals surface area contributed by atoms with Crippen LogP contribution < -0.4 is 4.74 Å². The lowest BCUT2D eigenvalue weighted by molar-refractivity contribution is -0.140. The summed E-state index contributed by atoms with van der Waals surface area (Å²) in [6.45, 7) is 0. The SMILES string of the molecule is N#Cc1cnc2c(c1)CCCC2Oc1ccc2c(c1)c(C(F)(F)F)nn2PI. The Morgan fingerprint density at radius 2 is 2.14 bits per heavy atom. The maximum Gasteiger partial charge on any atom is 0.435 e. The summed E-state index contributed by atoms with van der Waals surface area (Å²) in [5.74, 6) is 0.346. The molecule has 144 valence electrons. The van der Waals surface area contributed by atoms with Crippen LogP contribution in [-0.4, -0.2) is 14.5 Å². The molecule has 1 aliphatic rings. The van der Waals surface area contributed by atoms with E-state index in [0.29, 0.717) is 23.3 Å². The zero-order chi connectivity index (χ0) is 19.9. The molecular formula is C18H13F3IN4OP. The predicted molar refractivity (Wildman–Crippen MR) is 108 cm³/mol. The lowest BCUT2D eigenvalue weighted by Crippen LogP contribution is -2.17. The smallest absolute Gasteiger partial charge is 0.435 e. The zero-order valence-electron chi connectivity index (χ0n) is 14.3. The van der Waals surface area contributed by atoms with E-state index in [2.05, 4.69) is 16.2 Å². The second-order valence-electron chi connectivity index (χ2n) is 6.40. The monoisotopic (exact) mass is 516 g/mol. The fraction of sp³-hybridized carbons (Fsp3) is 0.278. The van der Waals surface area contributed by atoms with E-state index in [-0.39, 0.29) is 17.9 Å². The fourth-order valence-electron chi connectivity index (χ4n) is 3.41. The Labute approximate surface area is 173 Å². The van der Waals surface area contributed by atoms with Gasteiger partial charge in [0.15, 0.2) is 5.69 Å². The number of nitriles is 1. The number of fused-ring (bicyclic) bond motifs is 2. The Kier molecular flexibility index (Phi) is 5.19. The summed E-state index contributed by atoms with van der Waals surface area (Å²) in [6, 6.07) is 8.54. The van der Waals surface area contributed by atoms with Crippen LogP contribution in [0.15, 0.2) is 30.5 Å². The quantitative estimate of drug-likeness (QED) is 0.338. The first-order valence-corrected chi connectivity index (χ1v) is 12.5. The van der Waals surface area contributed by atoms with Crippen molar-refractivity contribution in [1.29, 1.82) is 5.26 Å². The standard InChI is InChI=1S/C18H13F3IN4OP/c19-18(20,21)17-13-7-12(4-5-14(13)26(25-17)28-22)27-15-3-1-2-11-6-10(8-23)9-24-16(11)15/h4-7,9,15,28H,1-3H2. The number of aryl methyl sites for hydroxylation is 1. The number of hydrogen-bond acceptors (Lipinski definition) is 4. The Hall–Kier alpha value is -1.92. The van der Waals surface area contributed by atoms with Gasteiger partial charge in [0, 0.05) is 11.6 Å². The molecule has 0 amide bonds. The van der Waals surface area contributed by atoms with Gasteiger partial charge in [-0.1, -0.05) is 0 Å². The number of hydrogen-bond donors (Lipinski definition) is 0. The molecule has 2 unspecified atom stereocenters. The number of ether oxygens (including phenoxy) is 1. The molecule has 2 aromatic heterocycles. The van der Waals surface area contributed by atoms with E-state index in [4.69, 9.17) is 10.00 Å². The van der Waals surface area contributed by atoms with Crippen LogP contribution in [0.3, 0.4) is 0 Å². The highest BCUT2D eigenvalue weighted by Gasteiger charge is 2.37. The minimum absolute atomic E-state index is 0.0259. The van der Waals surface area contributed by atoms with Crippen molar-refractivity contribution in [2.75, 3.05) is 0 Å². The van der Waals surface area contributed by atoms with Gasteiger partial charge in [-0.2, -0.15) is 23.5 Å². The van der Waals surface area contributed by atoms with Crippen molar-refractivity contribution < 1.29 is 17.9 Å². The normalized spacial score (nSPS) is 17.0. The summed E-state index contributed by atoms with van der Waals surface area (Å²) in [4.78, 5) is 4.36. The van der Waals surface area contributed by atoms with E-state index in [0.717, 1.165) is 24.1 Å². The van der Waals surface area contributed by atoms with Crippen molar-refractivity contribution in [3.63, 3.8) is 0 Å². The molecule has 5 nitrogen and oxygen atoms in total. The molecule has 0 fully saturated rings. The first-order chi connectivity index (χ1) is 13.4. The van der Waals surface area contributed by atoms with Crippen molar-refractivity contribution in [1.82, 2.24) is 14.5 Å². The number of halogens is 4. The third kappa shape index (κ3) is 3.55. The van der Waals surface area contributed by atoms with Gasteiger partial charge in [-0.3, -0.25) is 4.98 Å². The van der Waals surface area contributed by atoms with Crippen LogP contribution in [0.1, 0.15) is 41.5 Å². The first kappa shape index (κ1) is 19.4. The van der Waals surface area contributed by atoms with Gasteiger partial charge in [0.25, 0.3) is 0 Å². The van der Waals surface area contributed by atoms with Crippen molar-refractivity contribution in [3.05, 3.63) is 53.0 Å². The summed E-state index contributed by atoms with van der Waals surface area (Å²) >= 11 is 2.00. The van der Waals surface area contributed by atoms with Crippen molar-refractivity contribution in [3.8, 4) is 11.8 Å². The average molecular weight is 516 g/mol. The van der Waals surface area contributed by atoms with Crippen LogP contribution in [0.5, 0.6) is 5.75 Å². The Bertz CT molecular complexity index is 1090. The third-order valence-corrected chi connectivity index (χ3v) is 6.50. The summed E-state index contributed by atoms with van der Waals surface area (Å²) in [5, 5.41) is 12.8. The van der Waals surface area contributed by atoms with Crippen molar-refractivity contribution >= 4 is 39.3 Å². The Morgan fingerprint density at radius 1 is 1.32 bits per heavy atom. The third-order valence-electron chi connectivity index (χ3n) is 4.63. The van der Waals surface area contributed by atoms with Gasteiger partial charge in [0.05, 0.1) is 23.1 Å². The molecule has 4 rings (SSSR count). The van der Waals surface area contributed by atoms with E-state index in [9.17, 15) is 13.2 Å². The highest BCUT2D eigenvalue weighted by molar-refractivity contribution is 14.2. The molecule has 1 aliphatic carbocycles. The minimum atomic E-state index is -4.54. The Balaban J connectivity index is 1.71. The van der Waals surface area contributed by atoms with Crippen molar-refractivity contribution in [2.45, 2.75) is 31.5 Å². The number of nitrogens with zero attached hydrogens (tertiary/aromatic N) is 4. The average Bonchev–Trinajstić information content (AvgIpc) is 3.06. The van der Waals surface area contributed by atoms with Gasteiger partial charge in [-0.25, -0.2) is 4.45 Å². The topological polar surface area (TPSA) is 63.7 Å². The van der Waals surface area contributed by atoms with Gasteiger partial charge in [0.2, 0.25) is 0 Å². The lowest BCUT2D eigenvalue weighted by atomic mass is 9.93. The van der Waals surface area contributed by atoms with Crippen LogP contribution >= 0.6 is 28.4 Å². The number of pyridine rings is 1. The highest BCUT2D eigenvalue weighted by Crippen LogP contribution is 2.40. The fourth-order valence-corrected chi connectivity index (χ4v) is 4.94. The molecule has 0 spiro atoms. The van der Waals surface area contributed by atoms with Gasteiger partial charge >= 0.3 is 6.18 Å². The largest absolute Gasteiger partial charge is 0.484 e. The minimum Gasteiger partial charge on any atom is -0.484 e. The van der Waals surface area contributed by atoms with Crippen LogP contribution in [-0.2, 0) is 12.6 Å². The molecule has 10 heteroatoms. The number of rotatable bonds is 3. The molecule has 0 bridgehead atoms. The molecule has 2 atom stereocenters. The van der Waals surface area contributed by atoms with Crippen LogP contribution in [0, 0.1) is 11.3 Å². The van der Waals surface area contributed by atoms with Crippen LogP contribution in [0.4, 0.5) is 13.2 Å². The highest BCUT2D eigenvalue weighted by atomic mass is 127. The van der Waals surface area contributed by atoms with Crippen molar-refractivity contribution in [2.24, 2.45) is 0 Å². The molecule has 28 heavy (non-hydrogen) atoms. The number of benzene rings is 1. The molecule has 1 aromatic carbocycles. The van der Waals surface area contributed by atoms with E-state index < -0.39 is 11.9 Å². The lowest BCUT2D eigenvalue weighted by Gasteiger charge is -2.25. The summed E-state index contributed by atoms with van der Waals surface area (Å²) in [6.07, 6.45) is -0.962. The van der Waals surface area contributed by atoms with E-state index >= 15 is 0 Å². The number of alkyl halides is 3. The van der Waals surface area contributed by atoms with Crippen LogP contribution in [0.25, 0.3) is 10.9 Å². The summed E-state index contributed by atoms with van der Waals surface area (Å²) < 4.78 is 47.5. The van der Waals surface area contributed by atoms with E-state index in [1.54, 1.807) is 18.2 Å². The summed E-state index contributed by atoms with van der Waals surface area (Å²) in [7, 11) is 0. The molecule has 0 radical (unpaired) electrons. The van der Waals surface area contributed by atoms with Gasteiger partial charge in [-0.15, -0.1) is 0 Å². The predicted octanol–water partition coefficient (Wildman–Crippen LogP) is 5.57. The molecule has 0 aliphatic heterocycles. The Morgan fingerprint density at radius 3 is 2.86 bits per heavy atom. The van der Waals surface area contributed by atoms with E-state index in [1.807, 2.05) is 22.0 Å². The number of aromatic nitrogens is 3. The second-order valence-corrected chi connectivity index (χ2v) is 8.44. The molecule has 3 aromatic rings. The molecule has 0 saturated carbocycles. The maximum atomic E-state index is 13.4. The van der Waals surface area contributed by atoms with Crippen LogP contribution in [0.2, 0.25) is 0 Å². The van der Waals surface area contributed by atoms with Gasteiger partial charge in [0.1, 0.15) is 17.9 Å². The molecule has 2 heterocycles.